The first-order valence-corrected chi connectivity index (χ1v) is 16.4. The summed E-state index contributed by atoms with van der Waals surface area (Å²) < 4.78 is 11.4. The Morgan fingerprint density at radius 2 is 1.50 bits per heavy atom. The minimum absolute atomic E-state index is 0.0343. The molecule has 3 amide bonds. The van der Waals surface area contributed by atoms with Crippen molar-refractivity contribution in [2.75, 3.05) is 18.8 Å². The average molecular weight is 675 g/mol. The Morgan fingerprint density at radius 3 is 2.16 bits per heavy atom. The van der Waals surface area contributed by atoms with Gasteiger partial charge in [0.15, 0.2) is 0 Å². The molecule has 258 valence electrons. The Labute approximate surface area is 291 Å². The molecule has 1 aromatic heterocycles. The molecule has 0 fully saturated rings. The third kappa shape index (κ3) is 10.7. The Hall–Kier alpha value is -6.10. The van der Waals surface area contributed by atoms with Crippen molar-refractivity contribution in [1.29, 1.82) is 0 Å². The number of alkyl carbamates (subject to hydrolysis) is 1. The minimum Gasteiger partial charge on any atom is -0.489 e. The average Bonchev–Trinajstić information content (AvgIpc) is 3.66. The number of imidazole rings is 1. The lowest BCUT2D eigenvalue weighted by Gasteiger charge is -2.28. The van der Waals surface area contributed by atoms with Crippen LogP contribution >= 0.6 is 0 Å². The van der Waals surface area contributed by atoms with E-state index in [2.05, 4.69) is 20.6 Å². The van der Waals surface area contributed by atoms with Gasteiger partial charge in [-0.25, -0.2) is 9.78 Å². The highest BCUT2D eigenvalue weighted by molar-refractivity contribution is 5.89. The van der Waals surface area contributed by atoms with E-state index in [0.29, 0.717) is 30.3 Å². The van der Waals surface area contributed by atoms with Gasteiger partial charge in [-0.3, -0.25) is 9.59 Å². The fourth-order valence-electron chi connectivity index (χ4n) is 5.37. The van der Waals surface area contributed by atoms with Crippen LogP contribution in [-0.2, 0) is 40.5 Å². The lowest BCUT2D eigenvalue weighted by Crippen LogP contribution is -2.52. The zero-order chi connectivity index (χ0) is 35.1. The molecule has 5 N–H and O–H groups in total. The number of carbonyl (C=O) groups is 3. The van der Waals surface area contributed by atoms with Crippen molar-refractivity contribution in [2.24, 2.45) is 0 Å². The first-order valence-electron chi connectivity index (χ1n) is 16.4. The van der Waals surface area contributed by atoms with Gasteiger partial charge in [0.25, 0.3) is 0 Å². The molecule has 0 spiro atoms. The van der Waals surface area contributed by atoms with Crippen molar-refractivity contribution in [3.05, 3.63) is 150 Å². The predicted octanol–water partition coefficient (Wildman–Crippen LogP) is 5.36. The molecule has 0 bridgehead atoms. The normalized spacial score (nSPS) is 11.9. The highest BCUT2D eigenvalue weighted by Crippen LogP contribution is 2.21. The van der Waals surface area contributed by atoms with Crippen LogP contribution < -0.4 is 21.1 Å². The number of aromatic nitrogens is 2. The standard InChI is InChI=1S/C39H42N6O5/c1-28(34-14-8-9-15-35(34)40)21-42-37(46)24-45(23-29-16-18-33(19-17-29)49-25-30-10-4-2-5-11-30)38(47)36(20-32-22-41-27-43-32)44-39(48)50-26-31-12-6-3-7-13-31/h2-19,22,27-28,36H,20-21,23-26,40H2,1H3,(H,41,43)(H,42,46)(H,44,48)/t28?,36-/m0/s1. The van der Waals surface area contributed by atoms with Crippen LogP contribution in [0.3, 0.4) is 0 Å². The second kappa shape index (κ2) is 17.9. The topological polar surface area (TPSA) is 152 Å². The van der Waals surface area contributed by atoms with Gasteiger partial charge in [-0.2, -0.15) is 0 Å². The number of aromatic amines is 1. The number of hydrogen-bond acceptors (Lipinski definition) is 7. The third-order valence-corrected chi connectivity index (χ3v) is 8.11. The number of carbonyl (C=O) groups excluding carboxylic acids is 3. The van der Waals surface area contributed by atoms with Gasteiger partial charge in [-0.15, -0.1) is 0 Å². The zero-order valence-electron chi connectivity index (χ0n) is 28.0. The van der Waals surface area contributed by atoms with E-state index in [1.165, 1.54) is 11.2 Å². The van der Waals surface area contributed by atoms with Crippen LogP contribution in [0, 0.1) is 0 Å². The maximum atomic E-state index is 14.2. The molecule has 2 atom stereocenters. The number of anilines is 1. The van der Waals surface area contributed by atoms with E-state index in [9.17, 15) is 14.4 Å². The largest absolute Gasteiger partial charge is 0.489 e. The maximum Gasteiger partial charge on any atom is 0.408 e. The van der Waals surface area contributed by atoms with E-state index >= 15 is 0 Å². The fraction of sp³-hybridized carbons (Fsp3) is 0.231. The number of amides is 3. The number of para-hydroxylation sites is 1. The first kappa shape index (κ1) is 35.2. The number of H-pyrrole nitrogens is 1. The monoisotopic (exact) mass is 674 g/mol. The highest BCUT2D eigenvalue weighted by Gasteiger charge is 2.29. The lowest BCUT2D eigenvalue weighted by atomic mass is 9.99. The van der Waals surface area contributed by atoms with Crippen LogP contribution in [0.5, 0.6) is 5.75 Å². The molecule has 50 heavy (non-hydrogen) atoms. The van der Waals surface area contributed by atoms with Crippen LogP contribution in [0.2, 0.25) is 0 Å². The summed E-state index contributed by atoms with van der Waals surface area (Å²) in [5, 5.41) is 5.67. The smallest absolute Gasteiger partial charge is 0.408 e. The number of benzene rings is 4. The molecule has 5 aromatic rings. The quantitative estimate of drug-likeness (QED) is 0.103. The van der Waals surface area contributed by atoms with Crippen LogP contribution in [0.15, 0.2) is 122 Å². The summed E-state index contributed by atoms with van der Waals surface area (Å²) in [6.45, 7) is 2.60. The van der Waals surface area contributed by atoms with E-state index in [1.807, 2.05) is 116 Å². The number of nitrogens with zero attached hydrogens (tertiary/aromatic N) is 2. The number of nitrogens with one attached hydrogen (secondary N) is 3. The number of nitrogen functional groups attached to an aromatic ring is 1. The van der Waals surface area contributed by atoms with Crippen molar-refractivity contribution in [1.82, 2.24) is 25.5 Å². The number of rotatable bonds is 16. The molecule has 0 radical (unpaired) electrons. The number of ether oxygens (including phenoxy) is 2. The third-order valence-electron chi connectivity index (χ3n) is 8.11. The molecule has 4 aromatic carbocycles. The highest BCUT2D eigenvalue weighted by atomic mass is 16.5. The van der Waals surface area contributed by atoms with Crippen LogP contribution in [-0.4, -0.2) is 51.9 Å². The van der Waals surface area contributed by atoms with E-state index in [0.717, 1.165) is 22.3 Å². The molecule has 11 heteroatoms. The minimum atomic E-state index is -1.05. The van der Waals surface area contributed by atoms with Crippen LogP contribution in [0.1, 0.15) is 40.8 Å². The maximum absolute atomic E-state index is 14.2. The van der Waals surface area contributed by atoms with Crippen molar-refractivity contribution in [3.8, 4) is 5.75 Å². The molecule has 0 aliphatic heterocycles. The molecule has 5 rings (SSSR count). The Bertz CT molecular complexity index is 1800. The van der Waals surface area contributed by atoms with E-state index in [4.69, 9.17) is 15.2 Å². The SMILES string of the molecule is CC(CNC(=O)CN(Cc1ccc(OCc2ccccc2)cc1)C(=O)[C@H](Cc1cnc[nH]1)NC(=O)OCc1ccccc1)c1ccccc1N. The molecular formula is C39H42N6O5. The fourth-order valence-corrected chi connectivity index (χ4v) is 5.37. The second-order valence-electron chi connectivity index (χ2n) is 12.0. The molecule has 1 heterocycles. The van der Waals surface area contributed by atoms with Crippen molar-refractivity contribution in [3.63, 3.8) is 0 Å². The number of nitrogens with two attached hydrogens (primary N) is 1. The summed E-state index contributed by atoms with van der Waals surface area (Å²) in [5.74, 6) is -0.199. The van der Waals surface area contributed by atoms with Gasteiger partial charge >= 0.3 is 6.09 Å². The molecule has 11 nitrogen and oxygen atoms in total. The van der Waals surface area contributed by atoms with E-state index in [1.54, 1.807) is 6.20 Å². The molecule has 0 aliphatic rings. The summed E-state index contributed by atoms with van der Waals surface area (Å²) in [5.41, 5.74) is 11.0. The molecular weight excluding hydrogens is 632 g/mol. The van der Waals surface area contributed by atoms with E-state index in [-0.39, 0.29) is 37.9 Å². The van der Waals surface area contributed by atoms with Gasteiger partial charge in [0.2, 0.25) is 11.8 Å². The van der Waals surface area contributed by atoms with Gasteiger partial charge in [0.05, 0.1) is 12.9 Å². The number of hydrogen-bond donors (Lipinski definition) is 4. The summed E-state index contributed by atoms with van der Waals surface area (Å²) in [6.07, 6.45) is 2.43. The van der Waals surface area contributed by atoms with Crippen molar-refractivity contribution >= 4 is 23.6 Å². The van der Waals surface area contributed by atoms with Gasteiger partial charge in [-0.1, -0.05) is 97.9 Å². The molecule has 0 saturated carbocycles. The van der Waals surface area contributed by atoms with Gasteiger partial charge in [0, 0.05) is 43.0 Å². The van der Waals surface area contributed by atoms with Crippen LogP contribution in [0.25, 0.3) is 0 Å². The lowest BCUT2D eigenvalue weighted by molar-refractivity contribution is -0.138. The second-order valence-corrected chi connectivity index (χ2v) is 12.0. The van der Waals surface area contributed by atoms with E-state index < -0.39 is 18.0 Å². The van der Waals surface area contributed by atoms with Crippen molar-refractivity contribution in [2.45, 2.75) is 45.1 Å². The predicted molar refractivity (Wildman–Crippen MR) is 191 cm³/mol. The Kier molecular flexibility index (Phi) is 12.6. The Balaban J connectivity index is 1.30. The Morgan fingerprint density at radius 1 is 0.840 bits per heavy atom. The van der Waals surface area contributed by atoms with Gasteiger partial charge in [-0.05, 0) is 40.5 Å². The van der Waals surface area contributed by atoms with Gasteiger partial charge in [0.1, 0.15) is 25.0 Å². The zero-order valence-corrected chi connectivity index (χ0v) is 28.0. The molecule has 0 saturated heterocycles. The van der Waals surface area contributed by atoms with Crippen LogP contribution in [0.4, 0.5) is 10.5 Å². The van der Waals surface area contributed by atoms with Gasteiger partial charge < -0.3 is 35.7 Å². The molecule has 0 aliphatic carbocycles. The summed E-state index contributed by atoms with van der Waals surface area (Å²) in [6, 6.07) is 32.9. The summed E-state index contributed by atoms with van der Waals surface area (Å²) in [7, 11) is 0. The summed E-state index contributed by atoms with van der Waals surface area (Å²) in [4.78, 5) is 49.1. The summed E-state index contributed by atoms with van der Waals surface area (Å²) >= 11 is 0. The van der Waals surface area contributed by atoms with Crippen molar-refractivity contribution < 1.29 is 23.9 Å². The first-order chi connectivity index (χ1) is 24.3. The molecule has 1 unspecified atom stereocenters.